The van der Waals surface area contributed by atoms with Crippen LogP contribution in [-0.2, 0) is 0 Å². The monoisotopic (exact) mass is 320 g/mol. The van der Waals surface area contributed by atoms with Gasteiger partial charge in [0.2, 0.25) is 0 Å². The number of fused-ring (bicyclic) bond motifs is 1. The molecule has 0 saturated heterocycles. The maximum Gasteiger partial charge on any atom is 0.265 e. The highest BCUT2D eigenvalue weighted by Gasteiger charge is 2.14. The predicted octanol–water partition coefficient (Wildman–Crippen LogP) is 3.71. The third kappa shape index (κ3) is 2.60. The van der Waals surface area contributed by atoms with E-state index in [9.17, 15) is 4.79 Å². The van der Waals surface area contributed by atoms with E-state index in [0.29, 0.717) is 4.88 Å². The van der Waals surface area contributed by atoms with Gasteiger partial charge >= 0.3 is 0 Å². The Morgan fingerprint density at radius 1 is 0.957 bits per heavy atom. The summed E-state index contributed by atoms with van der Waals surface area (Å²) in [6, 6.07) is 18.8. The van der Waals surface area contributed by atoms with Crippen molar-refractivity contribution in [3.05, 3.63) is 71.7 Å². The van der Waals surface area contributed by atoms with Crippen LogP contribution in [0.15, 0.2) is 66.9 Å². The minimum atomic E-state index is -0.124. The molecule has 0 saturated carbocycles. The largest absolute Gasteiger partial charge is 0.321 e. The van der Waals surface area contributed by atoms with Crippen molar-refractivity contribution in [3.8, 4) is 10.7 Å². The van der Waals surface area contributed by atoms with E-state index in [0.717, 1.165) is 22.0 Å². The Bertz CT molecular complexity index is 974. The first-order valence-corrected chi connectivity index (χ1v) is 7.89. The molecule has 4 rings (SSSR count). The molecule has 0 atom stereocenters. The number of thiophene rings is 1. The summed E-state index contributed by atoms with van der Waals surface area (Å²) in [5, 5.41) is 11.2. The first-order valence-electron chi connectivity index (χ1n) is 7.08. The summed E-state index contributed by atoms with van der Waals surface area (Å²) < 4.78 is 1.91. The molecule has 0 spiro atoms. The first kappa shape index (κ1) is 13.7. The average Bonchev–Trinajstić information content (AvgIpc) is 3.22. The summed E-state index contributed by atoms with van der Waals surface area (Å²) >= 11 is 1.40. The van der Waals surface area contributed by atoms with Crippen LogP contribution in [0, 0.1) is 0 Å². The second-order valence-electron chi connectivity index (χ2n) is 4.94. The molecular formula is C17H12N4OS. The molecule has 0 aliphatic rings. The zero-order chi connectivity index (χ0) is 15.6. The van der Waals surface area contributed by atoms with E-state index in [1.165, 1.54) is 11.3 Å². The summed E-state index contributed by atoms with van der Waals surface area (Å²) in [5.74, 6) is 0.616. The lowest BCUT2D eigenvalue weighted by molar-refractivity contribution is 0.103. The van der Waals surface area contributed by atoms with Crippen molar-refractivity contribution in [2.75, 3.05) is 5.32 Å². The third-order valence-electron chi connectivity index (χ3n) is 3.40. The quantitative estimate of drug-likeness (QED) is 0.626. The molecule has 4 aromatic rings. The summed E-state index contributed by atoms with van der Waals surface area (Å²) in [6.45, 7) is 0. The van der Waals surface area contributed by atoms with Gasteiger partial charge in [0, 0.05) is 11.9 Å². The van der Waals surface area contributed by atoms with Crippen LogP contribution in [0.5, 0.6) is 0 Å². The van der Waals surface area contributed by atoms with Gasteiger partial charge in [-0.05, 0) is 36.4 Å². The van der Waals surface area contributed by atoms with Crippen LogP contribution in [0.3, 0.4) is 0 Å². The fraction of sp³-hybridized carbons (Fsp3) is 0. The number of pyridine rings is 1. The Balaban J connectivity index is 1.63. The molecule has 0 unspecified atom stereocenters. The lowest BCUT2D eigenvalue weighted by Crippen LogP contribution is -2.09. The van der Waals surface area contributed by atoms with Crippen molar-refractivity contribution >= 4 is 28.6 Å². The van der Waals surface area contributed by atoms with Crippen molar-refractivity contribution in [2.24, 2.45) is 0 Å². The van der Waals surface area contributed by atoms with Gasteiger partial charge in [0.1, 0.15) is 0 Å². The highest BCUT2D eigenvalue weighted by atomic mass is 32.1. The molecule has 0 bridgehead atoms. The van der Waals surface area contributed by atoms with Crippen molar-refractivity contribution in [2.45, 2.75) is 0 Å². The van der Waals surface area contributed by atoms with Crippen molar-refractivity contribution < 1.29 is 4.79 Å². The minimum Gasteiger partial charge on any atom is -0.321 e. The standard InChI is InChI=1S/C17H12N4OS/c22-17(18-12-6-2-1-3-7-12)14-10-9-13(23-14)16-20-19-15-8-4-5-11-21(15)16/h1-11H,(H,18,22). The molecule has 5 nitrogen and oxygen atoms in total. The maximum absolute atomic E-state index is 12.3. The third-order valence-corrected chi connectivity index (χ3v) is 4.48. The molecule has 23 heavy (non-hydrogen) atoms. The van der Waals surface area contributed by atoms with Crippen molar-refractivity contribution in [1.29, 1.82) is 0 Å². The molecule has 112 valence electrons. The maximum atomic E-state index is 12.3. The van der Waals surface area contributed by atoms with E-state index in [4.69, 9.17) is 0 Å². The number of aromatic nitrogens is 3. The molecule has 0 aliphatic carbocycles. The highest BCUT2D eigenvalue weighted by molar-refractivity contribution is 7.17. The van der Waals surface area contributed by atoms with Crippen LogP contribution < -0.4 is 5.32 Å². The average molecular weight is 320 g/mol. The number of benzene rings is 1. The zero-order valence-electron chi connectivity index (χ0n) is 12.0. The number of nitrogens with zero attached hydrogens (tertiary/aromatic N) is 3. The van der Waals surface area contributed by atoms with Gasteiger partial charge in [-0.15, -0.1) is 21.5 Å². The molecule has 3 aromatic heterocycles. The molecule has 0 fully saturated rings. The fourth-order valence-corrected chi connectivity index (χ4v) is 3.19. The number of rotatable bonds is 3. The number of carbonyl (C=O) groups is 1. The lowest BCUT2D eigenvalue weighted by atomic mass is 10.3. The van der Waals surface area contributed by atoms with Gasteiger partial charge in [0.15, 0.2) is 11.5 Å². The van der Waals surface area contributed by atoms with Crippen LogP contribution in [0.4, 0.5) is 5.69 Å². The van der Waals surface area contributed by atoms with Crippen LogP contribution in [0.1, 0.15) is 9.67 Å². The van der Waals surface area contributed by atoms with E-state index in [2.05, 4.69) is 15.5 Å². The fourth-order valence-electron chi connectivity index (χ4n) is 2.30. The number of carbonyl (C=O) groups excluding carboxylic acids is 1. The molecule has 0 aliphatic heterocycles. The van der Waals surface area contributed by atoms with Gasteiger partial charge in [-0.1, -0.05) is 24.3 Å². The molecule has 3 heterocycles. The second-order valence-corrected chi connectivity index (χ2v) is 6.02. The Kier molecular flexibility index (Phi) is 3.36. The Hall–Kier alpha value is -2.99. The van der Waals surface area contributed by atoms with Gasteiger partial charge in [0.25, 0.3) is 5.91 Å². The van der Waals surface area contributed by atoms with Crippen LogP contribution in [0.2, 0.25) is 0 Å². The number of nitrogens with one attached hydrogen (secondary N) is 1. The number of anilines is 1. The smallest absolute Gasteiger partial charge is 0.265 e. The van der Waals surface area contributed by atoms with E-state index in [-0.39, 0.29) is 5.91 Å². The molecule has 0 radical (unpaired) electrons. The Morgan fingerprint density at radius 2 is 1.78 bits per heavy atom. The van der Waals surface area contributed by atoms with Crippen LogP contribution in [-0.4, -0.2) is 20.5 Å². The highest BCUT2D eigenvalue weighted by Crippen LogP contribution is 2.27. The molecule has 1 aromatic carbocycles. The molecule has 6 heteroatoms. The van der Waals surface area contributed by atoms with E-state index in [1.807, 2.05) is 71.3 Å². The summed E-state index contributed by atoms with van der Waals surface area (Å²) in [7, 11) is 0. The van der Waals surface area contributed by atoms with Crippen LogP contribution in [0.25, 0.3) is 16.3 Å². The van der Waals surface area contributed by atoms with Gasteiger partial charge in [0.05, 0.1) is 9.75 Å². The first-order chi connectivity index (χ1) is 11.3. The number of para-hydroxylation sites is 1. The van der Waals surface area contributed by atoms with E-state index < -0.39 is 0 Å². The second kappa shape index (κ2) is 5.66. The lowest BCUT2D eigenvalue weighted by Gasteiger charge is -2.02. The normalized spacial score (nSPS) is 10.8. The van der Waals surface area contributed by atoms with Gasteiger partial charge in [-0.3, -0.25) is 9.20 Å². The van der Waals surface area contributed by atoms with Crippen molar-refractivity contribution in [3.63, 3.8) is 0 Å². The van der Waals surface area contributed by atoms with Gasteiger partial charge < -0.3 is 5.32 Å². The predicted molar refractivity (Wildman–Crippen MR) is 90.7 cm³/mol. The summed E-state index contributed by atoms with van der Waals surface area (Å²) in [6.07, 6.45) is 1.91. The number of hydrogen-bond acceptors (Lipinski definition) is 4. The van der Waals surface area contributed by atoms with Gasteiger partial charge in [-0.25, -0.2) is 0 Å². The van der Waals surface area contributed by atoms with Crippen molar-refractivity contribution in [1.82, 2.24) is 14.6 Å². The topological polar surface area (TPSA) is 59.3 Å². The Morgan fingerprint density at radius 3 is 2.65 bits per heavy atom. The number of amides is 1. The minimum absolute atomic E-state index is 0.124. The summed E-state index contributed by atoms with van der Waals surface area (Å²) in [4.78, 5) is 13.9. The van der Waals surface area contributed by atoms with Gasteiger partial charge in [-0.2, -0.15) is 0 Å². The molecular weight excluding hydrogens is 308 g/mol. The SMILES string of the molecule is O=C(Nc1ccccc1)c1ccc(-c2nnc3ccccn23)s1. The van der Waals surface area contributed by atoms with E-state index >= 15 is 0 Å². The molecule has 1 N–H and O–H groups in total. The summed E-state index contributed by atoms with van der Waals surface area (Å²) in [5.41, 5.74) is 1.56. The van der Waals surface area contributed by atoms with E-state index in [1.54, 1.807) is 0 Å². The van der Waals surface area contributed by atoms with Crippen LogP contribution >= 0.6 is 11.3 Å². The number of hydrogen-bond donors (Lipinski definition) is 1. The Labute approximate surface area is 136 Å². The molecule has 1 amide bonds. The zero-order valence-corrected chi connectivity index (χ0v) is 12.8.